The summed E-state index contributed by atoms with van der Waals surface area (Å²) in [5.74, 6) is 0.878. The van der Waals surface area contributed by atoms with Crippen LogP contribution in [0.3, 0.4) is 0 Å². The summed E-state index contributed by atoms with van der Waals surface area (Å²) in [7, 11) is 3.02. The monoisotopic (exact) mass is 527 g/mol. The molecule has 5 atom stereocenters. The predicted molar refractivity (Wildman–Crippen MR) is 132 cm³/mol. The average molecular weight is 528 g/mol. The van der Waals surface area contributed by atoms with Crippen LogP contribution in [0.5, 0.6) is 17.2 Å². The SMILES string of the molecule is COc1cccc(C(=O)NC2=Cc3ccc(OC4OC(C)(C)C(OC)C5OC(=O)OC45)c(C)c3OC2O)c1. The summed E-state index contributed by atoms with van der Waals surface area (Å²) in [6.45, 7) is 5.38. The van der Waals surface area contributed by atoms with Gasteiger partial charge in [-0.3, -0.25) is 4.79 Å². The molecule has 1 amide bonds. The summed E-state index contributed by atoms with van der Waals surface area (Å²) < 4.78 is 39.4. The van der Waals surface area contributed by atoms with Crippen LogP contribution >= 0.6 is 0 Å². The number of hydrogen-bond donors (Lipinski definition) is 2. The van der Waals surface area contributed by atoms with E-state index in [1.165, 1.54) is 14.2 Å². The Bertz CT molecular complexity index is 1290. The van der Waals surface area contributed by atoms with Crippen LogP contribution in [-0.2, 0) is 18.9 Å². The van der Waals surface area contributed by atoms with Gasteiger partial charge in [-0.25, -0.2) is 4.79 Å². The number of rotatable bonds is 6. The van der Waals surface area contributed by atoms with Crippen molar-refractivity contribution in [2.24, 2.45) is 0 Å². The standard InChI is InChI=1S/C27H29NO10/c1-13-18(34-25-21-20(36-26(31)37-21)22(33-5)27(2,3)38-25)10-9-14-12-17(24(30)35-19(13)14)28-23(29)15-7-6-8-16(11-15)32-4/h6-12,20-22,24-25,30H,1-5H3,(H,28,29). The first-order valence-corrected chi connectivity index (χ1v) is 12.0. The highest BCUT2D eigenvalue weighted by atomic mass is 16.8. The quantitative estimate of drug-likeness (QED) is 0.541. The van der Waals surface area contributed by atoms with Crippen molar-refractivity contribution in [2.75, 3.05) is 14.2 Å². The summed E-state index contributed by atoms with van der Waals surface area (Å²) in [5, 5.41) is 13.3. The predicted octanol–water partition coefficient (Wildman–Crippen LogP) is 2.92. The number of methoxy groups -OCH3 is 2. The van der Waals surface area contributed by atoms with Crippen LogP contribution < -0.4 is 19.5 Å². The van der Waals surface area contributed by atoms with E-state index in [2.05, 4.69) is 5.32 Å². The van der Waals surface area contributed by atoms with Crippen molar-refractivity contribution in [3.8, 4) is 17.2 Å². The summed E-state index contributed by atoms with van der Waals surface area (Å²) in [6.07, 6.45) is -3.71. The zero-order valence-corrected chi connectivity index (χ0v) is 21.5. The minimum absolute atomic E-state index is 0.180. The van der Waals surface area contributed by atoms with Gasteiger partial charge in [-0.1, -0.05) is 6.07 Å². The molecule has 0 radical (unpaired) electrons. The zero-order chi connectivity index (χ0) is 27.2. The first kappa shape index (κ1) is 25.8. The highest BCUT2D eigenvalue weighted by Gasteiger charge is 2.59. The Hall–Kier alpha value is -3.80. The smallest absolute Gasteiger partial charge is 0.497 e. The molecule has 5 rings (SSSR count). The molecule has 0 bridgehead atoms. The number of hydrogen-bond acceptors (Lipinski definition) is 10. The number of benzene rings is 2. The lowest BCUT2D eigenvalue weighted by Gasteiger charge is -2.45. The minimum atomic E-state index is -1.42. The molecule has 2 fully saturated rings. The van der Waals surface area contributed by atoms with Crippen molar-refractivity contribution in [3.63, 3.8) is 0 Å². The molecule has 3 aliphatic rings. The lowest BCUT2D eigenvalue weighted by Crippen LogP contribution is -2.62. The van der Waals surface area contributed by atoms with E-state index >= 15 is 0 Å². The topological polar surface area (TPSA) is 131 Å². The molecule has 11 heteroatoms. The Labute approximate surface area is 219 Å². The van der Waals surface area contributed by atoms with E-state index in [9.17, 15) is 14.7 Å². The Morgan fingerprint density at radius 1 is 1.08 bits per heavy atom. The molecule has 0 aliphatic carbocycles. The van der Waals surface area contributed by atoms with Gasteiger partial charge in [0, 0.05) is 23.8 Å². The third-order valence-corrected chi connectivity index (χ3v) is 6.74. The Kier molecular flexibility index (Phi) is 6.68. The number of aliphatic hydroxyl groups excluding tert-OH is 1. The minimum Gasteiger partial charge on any atom is -0.497 e. The van der Waals surface area contributed by atoms with Crippen LogP contribution in [0, 0.1) is 6.92 Å². The van der Waals surface area contributed by atoms with Crippen molar-refractivity contribution in [1.29, 1.82) is 0 Å². The molecule has 2 N–H and O–H groups in total. The molecule has 38 heavy (non-hydrogen) atoms. The lowest BCUT2D eigenvalue weighted by atomic mass is 9.89. The number of aliphatic hydroxyl groups is 1. The van der Waals surface area contributed by atoms with Crippen LogP contribution in [0.15, 0.2) is 42.1 Å². The fourth-order valence-electron chi connectivity index (χ4n) is 4.86. The summed E-state index contributed by atoms with van der Waals surface area (Å²) in [5.41, 5.74) is 0.900. The fraction of sp³-hybridized carbons (Fsp3) is 0.407. The van der Waals surface area contributed by atoms with Crippen molar-refractivity contribution < 1.29 is 47.9 Å². The van der Waals surface area contributed by atoms with Crippen molar-refractivity contribution in [1.82, 2.24) is 5.32 Å². The van der Waals surface area contributed by atoms with Crippen molar-refractivity contribution in [2.45, 2.75) is 57.3 Å². The first-order chi connectivity index (χ1) is 18.1. The van der Waals surface area contributed by atoms with Gasteiger partial charge in [0.1, 0.15) is 23.4 Å². The molecule has 11 nitrogen and oxygen atoms in total. The Morgan fingerprint density at radius 2 is 1.84 bits per heavy atom. The molecule has 0 saturated carbocycles. The van der Waals surface area contributed by atoms with E-state index < -0.39 is 48.6 Å². The molecule has 5 unspecified atom stereocenters. The second-order valence-electron chi connectivity index (χ2n) is 9.64. The third kappa shape index (κ3) is 4.64. The second-order valence-corrected chi connectivity index (χ2v) is 9.64. The number of fused-ring (bicyclic) bond motifs is 2. The summed E-state index contributed by atoms with van der Waals surface area (Å²) in [6, 6.07) is 10.1. The maximum absolute atomic E-state index is 12.7. The molecular weight excluding hydrogens is 498 g/mol. The van der Waals surface area contributed by atoms with E-state index in [4.69, 9.17) is 33.2 Å². The van der Waals surface area contributed by atoms with Crippen LogP contribution in [0.2, 0.25) is 0 Å². The van der Waals surface area contributed by atoms with E-state index in [0.29, 0.717) is 33.9 Å². The van der Waals surface area contributed by atoms with Gasteiger partial charge in [0.2, 0.25) is 18.7 Å². The highest BCUT2D eigenvalue weighted by Crippen LogP contribution is 2.41. The number of carbonyl (C=O) groups excluding carboxylic acids is 2. The fourth-order valence-corrected chi connectivity index (χ4v) is 4.86. The van der Waals surface area contributed by atoms with Crippen LogP contribution in [-0.4, -0.2) is 67.9 Å². The van der Waals surface area contributed by atoms with Gasteiger partial charge in [-0.15, -0.1) is 0 Å². The maximum Gasteiger partial charge on any atom is 0.509 e. The van der Waals surface area contributed by atoms with Gasteiger partial charge in [0.25, 0.3) is 5.91 Å². The normalized spacial score (nSPS) is 27.1. The average Bonchev–Trinajstić information content (AvgIpc) is 3.27. The number of nitrogens with one attached hydrogen (secondary N) is 1. The van der Waals surface area contributed by atoms with Gasteiger partial charge in [-0.05, 0) is 57.2 Å². The van der Waals surface area contributed by atoms with Crippen molar-refractivity contribution in [3.05, 3.63) is 58.8 Å². The Balaban J connectivity index is 1.37. The number of carbonyl (C=O) groups is 2. The molecule has 0 aromatic heterocycles. The zero-order valence-electron chi connectivity index (χ0n) is 21.5. The maximum atomic E-state index is 12.7. The molecule has 0 spiro atoms. The number of amides is 1. The van der Waals surface area contributed by atoms with E-state index in [-0.39, 0.29) is 5.70 Å². The third-order valence-electron chi connectivity index (χ3n) is 6.74. The molecule has 2 aromatic carbocycles. The van der Waals surface area contributed by atoms with Gasteiger partial charge in [0.15, 0.2) is 6.10 Å². The Morgan fingerprint density at radius 3 is 2.58 bits per heavy atom. The highest BCUT2D eigenvalue weighted by molar-refractivity contribution is 5.96. The molecule has 3 aliphatic heterocycles. The molecular formula is C27H29NO10. The van der Waals surface area contributed by atoms with Crippen LogP contribution in [0.1, 0.15) is 35.3 Å². The van der Waals surface area contributed by atoms with Crippen LogP contribution in [0.25, 0.3) is 6.08 Å². The molecule has 2 aromatic rings. The lowest BCUT2D eigenvalue weighted by molar-refractivity contribution is -0.282. The largest absolute Gasteiger partial charge is 0.509 e. The van der Waals surface area contributed by atoms with Gasteiger partial charge >= 0.3 is 6.16 Å². The molecule has 202 valence electrons. The first-order valence-electron chi connectivity index (χ1n) is 12.0. The van der Waals surface area contributed by atoms with Crippen LogP contribution in [0.4, 0.5) is 4.79 Å². The van der Waals surface area contributed by atoms with Gasteiger partial charge < -0.3 is 43.6 Å². The van der Waals surface area contributed by atoms with Gasteiger partial charge in [0.05, 0.1) is 18.4 Å². The van der Waals surface area contributed by atoms with E-state index in [1.807, 2.05) is 13.8 Å². The van der Waals surface area contributed by atoms with E-state index in [1.54, 1.807) is 49.4 Å². The summed E-state index contributed by atoms with van der Waals surface area (Å²) >= 11 is 0. The van der Waals surface area contributed by atoms with Gasteiger partial charge in [-0.2, -0.15) is 0 Å². The second kappa shape index (κ2) is 9.82. The summed E-state index contributed by atoms with van der Waals surface area (Å²) in [4.78, 5) is 24.6. The van der Waals surface area contributed by atoms with E-state index in [0.717, 1.165) is 0 Å². The molecule has 3 heterocycles. The van der Waals surface area contributed by atoms with Crippen molar-refractivity contribution >= 4 is 18.1 Å². The molecule has 2 saturated heterocycles. The number of ether oxygens (including phenoxy) is 7.